The number of rotatable bonds is 6. The van der Waals surface area contributed by atoms with Crippen LogP contribution in [-0.2, 0) is 20.9 Å². The van der Waals surface area contributed by atoms with Crippen LogP contribution in [0.15, 0.2) is 35.7 Å². The largest absolute Gasteiger partial charge is 0.449 e. The number of hydrogen-bond donors (Lipinski definition) is 1. The number of carbonyl (C=O) groups is 3. The summed E-state index contributed by atoms with van der Waals surface area (Å²) in [5, 5.41) is 5.05. The quantitative estimate of drug-likeness (QED) is 0.746. The highest BCUT2D eigenvalue weighted by Gasteiger charge is 2.25. The van der Waals surface area contributed by atoms with Crippen molar-refractivity contribution in [1.29, 1.82) is 0 Å². The van der Waals surface area contributed by atoms with Crippen molar-refractivity contribution >= 4 is 46.4 Å². The van der Waals surface area contributed by atoms with Gasteiger partial charge in [-0.2, -0.15) is 0 Å². The lowest BCUT2D eigenvalue weighted by Gasteiger charge is -2.18. The number of esters is 1. The molecular formula is C19H19ClN2O4S. The number of benzene rings is 1. The van der Waals surface area contributed by atoms with Gasteiger partial charge in [-0.05, 0) is 43.0 Å². The van der Waals surface area contributed by atoms with E-state index in [1.807, 2.05) is 17.5 Å². The standard InChI is InChI=1S/C19H19ClN2O4S/c1-12(18(24)21-11-14-4-3-9-27-14)26-19(25)13-6-7-15(20)16(10-13)22-8-2-5-17(22)23/h3-4,6-7,9-10,12H,2,5,8,11H2,1H3,(H,21,24)/t12-/m1/s1. The van der Waals surface area contributed by atoms with E-state index in [0.717, 1.165) is 11.3 Å². The Labute approximate surface area is 166 Å². The molecule has 1 fully saturated rings. The molecule has 2 amide bonds. The summed E-state index contributed by atoms with van der Waals surface area (Å²) in [6, 6.07) is 8.42. The molecule has 1 aliphatic heterocycles. The maximum Gasteiger partial charge on any atom is 0.338 e. The average molecular weight is 407 g/mol. The topological polar surface area (TPSA) is 75.7 Å². The zero-order valence-corrected chi connectivity index (χ0v) is 16.3. The van der Waals surface area contributed by atoms with Crippen LogP contribution in [-0.4, -0.2) is 30.4 Å². The summed E-state index contributed by atoms with van der Waals surface area (Å²) in [4.78, 5) is 39.0. The van der Waals surface area contributed by atoms with Gasteiger partial charge in [-0.3, -0.25) is 9.59 Å². The Hall–Kier alpha value is -2.38. The number of anilines is 1. The summed E-state index contributed by atoms with van der Waals surface area (Å²) in [5.74, 6) is -1.04. The van der Waals surface area contributed by atoms with Gasteiger partial charge in [0.15, 0.2) is 6.10 Å². The molecule has 1 aromatic heterocycles. The van der Waals surface area contributed by atoms with E-state index in [1.165, 1.54) is 30.4 Å². The third-order valence-corrected chi connectivity index (χ3v) is 5.41. The predicted molar refractivity (Wildman–Crippen MR) is 104 cm³/mol. The van der Waals surface area contributed by atoms with Gasteiger partial charge in [0.2, 0.25) is 5.91 Å². The zero-order chi connectivity index (χ0) is 19.4. The third-order valence-electron chi connectivity index (χ3n) is 4.22. The molecule has 1 aliphatic rings. The molecule has 6 nitrogen and oxygen atoms in total. The van der Waals surface area contributed by atoms with Crippen molar-refractivity contribution in [3.8, 4) is 0 Å². The number of nitrogens with zero attached hydrogens (tertiary/aromatic N) is 1. The van der Waals surface area contributed by atoms with Crippen molar-refractivity contribution in [1.82, 2.24) is 5.32 Å². The molecule has 1 N–H and O–H groups in total. The Morgan fingerprint density at radius 3 is 2.85 bits per heavy atom. The van der Waals surface area contributed by atoms with Crippen LogP contribution < -0.4 is 10.2 Å². The Balaban J connectivity index is 1.63. The first-order valence-electron chi connectivity index (χ1n) is 8.56. The second kappa shape index (κ2) is 8.54. The highest BCUT2D eigenvalue weighted by Crippen LogP contribution is 2.30. The predicted octanol–water partition coefficient (Wildman–Crippen LogP) is 3.39. The van der Waals surface area contributed by atoms with Gasteiger partial charge >= 0.3 is 5.97 Å². The van der Waals surface area contributed by atoms with Crippen LogP contribution in [0.4, 0.5) is 5.69 Å². The number of amides is 2. The van der Waals surface area contributed by atoms with Crippen molar-refractivity contribution in [3.63, 3.8) is 0 Å². The van der Waals surface area contributed by atoms with E-state index in [2.05, 4.69) is 5.32 Å². The number of hydrogen-bond acceptors (Lipinski definition) is 5. The zero-order valence-electron chi connectivity index (χ0n) is 14.7. The van der Waals surface area contributed by atoms with Gasteiger partial charge in [0.25, 0.3) is 5.91 Å². The molecule has 0 radical (unpaired) electrons. The molecule has 0 aliphatic carbocycles. The second-order valence-corrected chi connectivity index (χ2v) is 7.60. The lowest BCUT2D eigenvalue weighted by atomic mass is 10.2. The van der Waals surface area contributed by atoms with Crippen LogP contribution in [0.5, 0.6) is 0 Å². The van der Waals surface area contributed by atoms with Gasteiger partial charge in [0.1, 0.15) is 0 Å². The maximum atomic E-state index is 12.4. The van der Waals surface area contributed by atoms with Crippen molar-refractivity contribution in [2.75, 3.05) is 11.4 Å². The SMILES string of the molecule is C[C@@H](OC(=O)c1ccc(Cl)c(N2CCCC2=O)c1)C(=O)NCc1cccs1. The van der Waals surface area contributed by atoms with E-state index in [-0.39, 0.29) is 17.4 Å². The molecule has 1 aromatic carbocycles. The molecule has 27 heavy (non-hydrogen) atoms. The first-order valence-corrected chi connectivity index (χ1v) is 9.82. The number of ether oxygens (including phenoxy) is 1. The van der Waals surface area contributed by atoms with E-state index in [0.29, 0.717) is 30.2 Å². The summed E-state index contributed by atoms with van der Waals surface area (Å²) in [7, 11) is 0. The first kappa shape index (κ1) is 19.4. The lowest BCUT2D eigenvalue weighted by molar-refractivity contribution is -0.129. The minimum atomic E-state index is -0.940. The number of carbonyl (C=O) groups excluding carboxylic acids is 3. The number of nitrogens with one attached hydrogen (secondary N) is 1. The fourth-order valence-electron chi connectivity index (χ4n) is 2.76. The number of thiophene rings is 1. The van der Waals surface area contributed by atoms with Crippen LogP contribution in [0.25, 0.3) is 0 Å². The van der Waals surface area contributed by atoms with E-state index >= 15 is 0 Å². The van der Waals surface area contributed by atoms with E-state index in [1.54, 1.807) is 11.0 Å². The van der Waals surface area contributed by atoms with Gasteiger partial charge in [-0.25, -0.2) is 4.79 Å². The lowest BCUT2D eigenvalue weighted by Crippen LogP contribution is -2.35. The van der Waals surface area contributed by atoms with Crippen LogP contribution in [0.2, 0.25) is 5.02 Å². The molecular weight excluding hydrogens is 388 g/mol. The molecule has 2 heterocycles. The molecule has 8 heteroatoms. The Morgan fingerprint density at radius 1 is 1.37 bits per heavy atom. The molecule has 2 aromatic rings. The van der Waals surface area contributed by atoms with Crippen LogP contribution in [0, 0.1) is 0 Å². The summed E-state index contributed by atoms with van der Waals surface area (Å²) >= 11 is 7.72. The van der Waals surface area contributed by atoms with E-state index in [9.17, 15) is 14.4 Å². The van der Waals surface area contributed by atoms with Crippen molar-refractivity contribution in [3.05, 3.63) is 51.2 Å². The third kappa shape index (κ3) is 4.67. The van der Waals surface area contributed by atoms with Crippen LogP contribution in [0.3, 0.4) is 0 Å². The highest BCUT2D eigenvalue weighted by atomic mass is 35.5. The van der Waals surface area contributed by atoms with Gasteiger partial charge in [-0.1, -0.05) is 17.7 Å². The van der Waals surface area contributed by atoms with Gasteiger partial charge < -0.3 is 15.0 Å². The van der Waals surface area contributed by atoms with Crippen molar-refractivity contribution in [2.24, 2.45) is 0 Å². The molecule has 0 unspecified atom stereocenters. The summed E-state index contributed by atoms with van der Waals surface area (Å²) in [5.41, 5.74) is 0.732. The Kier molecular flexibility index (Phi) is 6.13. The Morgan fingerprint density at radius 2 is 2.19 bits per heavy atom. The monoisotopic (exact) mass is 406 g/mol. The molecule has 0 spiro atoms. The van der Waals surface area contributed by atoms with Crippen molar-refractivity contribution < 1.29 is 19.1 Å². The molecule has 1 atom stereocenters. The van der Waals surface area contributed by atoms with E-state index in [4.69, 9.17) is 16.3 Å². The summed E-state index contributed by atoms with van der Waals surface area (Å²) < 4.78 is 5.26. The fourth-order valence-corrected chi connectivity index (χ4v) is 3.63. The normalized spacial score (nSPS) is 14.9. The van der Waals surface area contributed by atoms with Gasteiger partial charge in [0.05, 0.1) is 22.8 Å². The van der Waals surface area contributed by atoms with E-state index < -0.39 is 12.1 Å². The minimum absolute atomic E-state index is 0.0243. The molecule has 3 rings (SSSR count). The smallest absolute Gasteiger partial charge is 0.338 e. The molecule has 0 bridgehead atoms. The average Bonchev–Trinajstić information content (AvgIpc) is 3.31. The highest BCUT2D eigenvalue weighted by molar-refractivity contribution is 7.09. The summed E-state index contributed by atoms with van der Waals surface area (Å²) in [6.07, 6.45) is 0.280. The maximum absolute atomic E-state index is 12.4. The second-order valence-electron chi connectivity index (χ2n) is 6.16. The Bertz CT molecular complexity index is 853. The minimum Gasteiger partial charge on any atom is -0.449 e. The molecule has 0 saturated carbocycles. The summed E-state index contributed by atoms with van der Waals surface area (Å²) in [6.45, 7) is 2.47. The van der Waals surface area contributed by atoms with Crippen molar-refractivity contribution in [2.45, 2.75) is 32.4 Å². The first-order chi connectivity index (χ1) is 13.0. The van der Waals surface area contributed by atoms with Gasteiger partial charge in [-0.15, -0.1) is 11.3 Å². The van der Waals surface area contributed by atoms with Gasteiger partial charge in [0, 0.05) is 17.8 Å². The van der Waals surface area contributed by atoms with Crippen LogP contribution in [0.1, 0.15) is 35.0 Å². The molecule has 142 valence electrons. The van der Waals surface area contributed by atoms with Crippen LogP contribution >= 0.6 is 22.9 Å². The fraction of sp³-hybridized carbons (Fsp3) is 0.316. The number of halogens is 1. The molecule has 1 saturated heterocycles.